The number of rotatable bonds is 8. The Bertz CT molecular complexity index is 352. The van der Waals surface area contributed by atoms with Crippen LogP contribution in [0.4, 0.5) is 0 Å². The van der Waals surface area contributed by atoms with Gasteiger partial charge in [-0.3, -0.25) is 9.59 Å². The minimum atomic E-state index is -0.281. The quantitative estimate of drug-likeness (QED) is 0.384. The van der Waals surface area contributed by atoms with Crippen LogP contribution in [0.15, 0.2) is 0 Å². The predicted molar refractivity (Wildman–Crippen MR) is 71.4 cm³/mol. The normalized spacial score (nSPS) is 8.53. The molecule has 0 aromatic rings. The van der Waals surface area contributed by atoms with Crippen LogP contribution in [0.25, 0.3) is 0 Å². The second kappa shape index (κ2) is 12.5. The van der Waals surface area contributed by atoms with Gasteiger partial charge in [-0.1, -0.05) is 31.1 Å². The summed E-state index contributed by atoms with van der Waals surface area (Å²) in [4.78, 5) is 22.2. The molecule has 0 unspecified atom stereocenters. The zero-order valence-electron chi connectivity index (χ0n) is 11.6. The maximum Gasteiger partial charge on any atom is 0.319 e. The summed E-state index contributed by atoms with van der Waals surface area (Å²) >= 11 is 0. The lowest BCUT2D eigenvalue weighted by Gasteiger charge is -2.00. The van der Waals surface area contributed by atoms with Gasteiger partial charge in [-0.15, -0.1) is 0 Å². The number of carbonyl (C=O) groups excluding carboxylic acids is 2. The molecule has 0 amide bonds. The molecule has 0 fully saturated rings. The number of hydrogen-bond donors (Lipinski definition) is 0. The Kier molecular flexibility index (Phi) is 11.2. The molecule has 0 bridgehead atoms. The van der Waals surface area contributed by atoms with Crippen molar-refractivity contribution in [2.24, 2.45) is 0 Å². The maximum atomic E-state index is 11.1. The lowest BCUT2D eigenvalue weighted by molar-refractivity contribution is -0.137. The molecule has 0 spiro atoms. The van der Waals surface area contributed by atoms with Crippen molar-refractivity contribution < 1.29 is 19.1 Å². The summed E-state index contributed by atoms with van der Waals surface area (Å²) in [5.41, 5.74) is 0. The van der Waals surface area contributed by atoms with Gasteiger partial charge in [0, 0.05) is 26.7 Å². The maximum absolute atomic E-state index is 11.1. The van der Waals surface area contributed by atoms with E-state index in [2.05, 4.69) is 33.5 Å². The van der Waals surface area contributed by atoms with E-state index in [1.165, 1.54) is 0 Å². The lowest BCUT2D eigenvalue weighted by atomic mass is 10.1. The molecule has 4 nitrogen and oxygen atoms in total. The Balaban J connectivity index is 3.34. The number of unbranched alkanes of at least 4 members (excludes halogenated alkanes) is 4. The first-order valence-corrected chi connectivity index (χ1v) is 6.43. The van der Waals surface area contributed by atoms with Crippen molar-refractivity contribution in [1.29, 1.82) is 0 Å². The van der Waals surface area contributed by atoms with Gasteiger partial charge in [0.25, 0.3) is 0 Å². The van der Waals surface area contributed by atoms with E-state index in [9.17, 15) is 9.59 Å². The summed E-state index contributed by atoms with van der Waals surface area (Å²) in [6.45, 7) is 3.23. The average molecular weight is 264 g/mol. The molecule has 19 heavy (non-hydrogen) atoms. The standard InChI is InChI=1S/C15H20O4/c1-3-12-18-14(16)10-8-6-5-7-9-11-15(17)19-13-4-2/h5-11H2,1-2H3. The molecule has 0 aromatic heterocycles. The molecule has 0 rings (SSSR count). The highest BCUT2D eigenvalue weighted by Gasteiger charge is 2.02. The fourth-order valence-corrected chi connectivity index (χ4v) is 1.39. The zero-order valence-corrected chi connectivity index (χ0v) is 11.6. The highest BCUT2D eigenvalue weighted by atomic mass is 16.5. The third-order valence-electron chi connectivity index (χ3n) is 2.30. The highest BCUT2D eigenvalue weighted by molar-refractivity contribution is 5.70. The van der Waals surface area contributed by atoms with Gasteiger partial charge in [0.2, 0.25) is 0 Å². The van der Waals surface area contributed by atoms with Gasteiger partial charge >= 0.3 is 11.9 Å². The summed E-state index contributed by atoms with van der Waals surface area (Å²) in [7, 11) is 0. The molecule has 4 heteroatoms. The van der Waals surface area contributed by atoms with Crippen LogP contribution in [0, 0.1) is 24.1 Å². The van der Waals surface area contributed by atoms with E-state index in [1.54, 1.807) is 13.8 Å². The van der Waals surface area contributed by atoms with Gasteiger partial charge in [0.05, 0.1) is 0 Å². The van der Waals surface area contributed by atoms with Gasteiger partial charge in [-0.25, -0.2) is 0 Å². The van der Waals surface area contributed by atoms with E-state index in [1.807, 2.05) is 0 Å². The van der Waals surface area contributed by atoms with Crippen molar-refractivity contribution in [2.75, 3.05) is 0 Å². The molecule has 0 N–H and O–H groups in total. The largest absolute Gasteiger partial charge is 0.372 e. The Labute approximate surface area is 114 Å². The lowest BCUT2D eigenvalue weighted by Crippen LogP contribution is -2.00. The van der Waals surface area contributed by atoms with Gasteiger partial charge in [-0.2, -0.15) is 0 Å². The van der Waals surface area contributed by atoms with Gasteiger partial charge in [-0.05, 0) is 12.8 Å². The molecule has 0 saturated carbocycles. The monoisotopic (exact) mass is 264 g/mol. The molecule has 0 aliphatic heterocycles. The smallest absolute Gasteiger partial charge is 0.319 e. The second-order valence-corrected chi connectivity index (χ2v) is 3.92. The fourth-order valence-electron chi connectivity index (χ4n) is 1.39. The molecule has 0 aromatic carbocycles. The molecule has 0 aliphatic carbocycles. The van der Waals surface area contributed by atoms with Crippen molar-refractivity contribution >= 4 is 11.9 Å². The Morgan fingerprint density at radius 1 is 0.737 bits per heavy atom. The molecule has 0 saturated heterocycles. The van der Waals surface area contributed by atoms with Crippen LogP contribution in [0.5, 0.6) is 0 Å². The fraction of sp³-hybridized carbons (Fsp3) is 0.600. The second-order valence-electron chi connectivity index (χ2n) is 3.92. The van der Waals surface area contributed by atoms with E-state index in [-0.39, 0.29) is 11.9 Å². The number of hydrogen-bond acceptors (Lipinski definition) is 4. The first-order valence-electron chi connectivity index (χ1n) is 6.43. The Morgan fingerprint density at radius 2 is 1.11 bits per heavy atom. The van der Waals surface area contributed by atoms with E-state index < -0.39 is 0 Å². The molecule has 0 heterocycles. The average Bonchev–Trinajstić information content (AvgIpc) is 2.41. The van der Waals surface area contributed by atoms with Gasteiger partial charge in [0.15, 0.2) is 0 Å². The molecule has 0 aliphatic rings. The van der Waals surface area contributed by atoms with Crippen LogP contribution in [0.3, 0.4) is 0 Å². The minimum Gasteiger partial charge on any atom is -0.372 e. The SMILES string of the molecule is CC#COC(=O)CCCCCCCC(=O)OC#CC. The Hall–Kier alpha value is -1.94. The van der Waals surface area contributed by atoms with E-state index in [0.717, 1.165) is 32.1 Å². The third-order valence-corrected chi connectivity index (χ3v) is 2.30. The van der Waals surface area contributed by atoms with Crippen LogP contribution in [-0.4, -0.2) is 11.9 Å². The van der Waals surface area contributed by atoms with Crippen LogP contribution in [0.1, 0.15) is 58.8 Å². The van der Waals surface area contributed by atoms with Crippen molar-refractivity contribution in [3.8, 4) is 24.1 Å². The third kappa shape index (κ3) is 12.3. The summed E-state index contributed by atoms with van der Waals surface area (Å²) in [6.07, 6.45) is 9.78. The summed E-state index contributed by atoms with van der Waals surface area (Å²) in [6, 6.07) is 0. The number of esters is 2. The first-order chi connectivity index (χ1) is 9.20. The minimum absolute atomic E-state index is 0.281. The molecular weight excluding hydrogens is 244 g/mol. The summed E-state index contributed by atoms with van der Waals surface area (Å²) < 4.78 is 9.23. The zero-order chi connectivity index (χ0) is 14.3. The predicted octanol–water partition coefficient (Wildman–Crippen LogP) is 2.77. The van der Waals surface area contributed by atoms with Gasteiger partial charge in [0.1, 0.15) is 12.2 Å². The summed E-state index contributed by atoms with van der Waals surface area (Å²) in [5.74, 6) is 4.43. The molecule has 104 valence electrons. The van der Waals surface area contributed by atoms with E-state index in [4.69, 9.17) is 0 Å². The summed E-state index contributed by atoms with van der Waals surface area (Å²) in [5, 5.41) is 0. The molecule has 0 atom stereocenters. The number of ether oxygens (including phenoxy) is 2. The molecule has 0 radical (unpaired) electrons. The van der Waals surface area contributed by atoms with Gasteiger partial charge < -0.3 is 9.47 Å². The Morgan fingerprint density at radius 3 is 1.47 bits per heavy atom. The van der Waals surface area contributed by atoms with Crippen molar-refractivity contribution in [3.05, 3.63) is 0 Å². The van der Waals surface area contributed by atoms with E-state index >= 15 is 0 Å². The highest BCUT2D eigenvalue weighted by Crippen LogP contribution is 2.08. The van der Waals surface area contributed by atoms with Crippen molar-refractivity contribution in [2.45, 2.75) is 58.8 Å². The topological polar surface area (TPSA) is 52.6 Å². The van der Waals surface area contributed by atoms with E-state index in [0.29, 0.717) is 12.8 Å². The van der Waals surface area contributed by atoms with Crippen LogP contribution >= 0.6 is 0 Å². The molecular formula is C15H20O4. The van der Waals surface area contributed by atoms with Crippen LogP contribution < -0.4 is 0 Å². The van der Waals surface area contributed by atoms with Crippen molar-refractivity contribution in [3.63, 3.8) is 0 Å². The van der Waals surface area contributed by atoms with Crippen molar-refractivity contribution in [1.82, 2.24) is 0 Å². The first kappa shape index (κ1) is 17.1. The van der Waals surface area contributed by atoms with Crippen LogP contribution in [0.2, 0.25) is 0 Å². The van der Waals surface area contributed by atoms with Crippen LogP contribution in [-0.2, 0) is 19.1 Å². The number of carbonyl (C=O) groups is 2.